The summed E-state index contributed by atoms with van der Waals surface area (Å²) in [5.74, 6) is 0.369. The molecule has 1 aromatic heterocycles. The quantitative estimate of drug-likeness (QED) is 0.328. The molecule has 0 amide bonds. The summed E-state index contributed by atoms with van der Waals surface area (Å²) in [6, 6.07) is 15.4. The zero-order chi connectivity index (χ0) is 25.0. The molecule has 3 aromatic rings. The van der Waals surface area contributed by atoms with E-state index in [1.807, 2.05) is 54.6 Å². The molecule has 2 aromatic carbocycles. The van der Waals surface area contributed by atoms with E-state index in [2.05, 4.69) is 4.98 Å². The van der Waals surface area contributed by atoms with Gasteiger partial charge in [-0.05, 0) is 29.2 Å². The molecule has 186 valence electrons. The van der Waals surface area contributed by atoms with E-state index in [0.717, 1.165) is 22.3 Å². The summed E-state index contributed by atoms with van der Waals surface area (Å²) in [5.41, 5.74) is 4.02. The lowest BCUT2D eigenvalue weighted by molar-refractivity contribution is 0.124. The molecule has 1 saturated heterocycles. The maximum Gasteiger partial charge on any atom is 0.469 e. The second-order valence-corrected chi connectivity index (χ2v) is 9.78. The van der Waals surface area contributed by atoms with E-state index in [1.165, 1.54) is 6.20 Å². The molecule has 4 atom stereocenters. The average molecular weight is 500 g/mol. The van der Waals surface area contributed by atoms with Crippen LogP contribution in [0.3, 0.4) is 0 Å². The fourth-order valence-electron chi connectivity index (χ4n) is 4.12. The maximum absolute atomic E-state index is 11.2. The molecule has 0 spiro atoms. The summed E-state index contributed by atoms with van der Waals surface area (Å²) in [5, 5.41) is 20.0. The minimum Gasteiger partial charge on any atom is -0.390 e. The van der Waals surface area contributed by atoms with E-state index in [0.29, 0.717) is 19.0 Å². The SMILES string of the molecule is C[C@H](O)c1nccn1[C@@H](/C=C/c1ccc(-c2ccc([C@H]3COC[C@@H]3O)cc2)cc1)COP(=O)(O)O. The number of ether oxygens (including phenoxy) is 1. The topological polar surface area (TPSA) is 134 Å². The molecule has 1 fully saturated rings. The molecule has 1 aliphatic heterocycles. The predicted octanol–water partition coefficient (Wildman–Crippen LogP) is 3.44. The lowest BCUT2D eigenvalue weighted by Crippen LogP contribution is -2.16. The molecule has 0 saturated carbocycles. The van der Waals surface area contributed by atoms with Crippen molar-refractivity contribution in [2.75, 3.05) is 19.8 Å². The molecule has 4 rings (SSSR count). The van der Waals surface area contributed by atoms with Crippen molar-refractivity contribution in [2.24, 2.45) is 0 Å². The number of hydrogen-bond donors (Lipinski definition) is 4. The van der Waals surface area contributed by atoms with Crippen molar-refractivity contribution >= 4 is 13.9 Å². The Bertz CT molecular complexity index is 1190. The monoisotopic (exact) mass is 500 g/mol. The zero-order valence-corrected chi connectivity index (χ0v) is 20.1. The van der Waals surface area contributed by atoms with Gasteiger partial charge in [-0.2, -0.15) is 0 Å². The number of rotatable bonds is 9. The number of aliphatic hydroxyl groups excluding tert-OH is 2. The van der Waals surface area contributed by atoms with Gasteiger partial charge in [0.05, 0.1) is 32.0 Å². The Morgan fingerprint density at radius 2 is 1.80 bits per heavy atom. The van der Waals surface area contributed by atoms with Crippen molar-refractivity contribution in [3.05, 3.63) is 84.0 Å². The largest absolute Gasteiger partial charge is 0.469 e. The Hall–Kier alpha value is -2.62. The van der Waals surface area contributed by atoms with E-state index in [-0.39, 0.29) is 12.5 Å². The van der Waals surface area contributed by atoms with Gasteiger partial charge in [-0.3, -0.25) is 4.52 Å². The first kappa shape index (κ1) is 25.5. The minimum atomic E-state index is -4.66. The van der Waals surface area contributed by atoms with Gasteiger partial charge < -0.3 is 29.3 Å². The summed E-state index contributed by atoms with van der Waals surface area (Å²) >= 11 is 0. The number of hydrogen-bond acceptors (Lipinski definition) is 6. The third kappa shape index (κ3) is 6.54. The van der Waals surface area contributed by atoms with Gasteiger partial charge in [0.25, 0.3) is 0 Å². The lowest BCUT2D eigenvalue weighted by atomic mass is 9.94. The number of aromatic nitrogens is 2. The van der Waals surface area contributed by atoms with Crippen LogP contribution in [0, 0.1) is 0 Å². The van der Waals surface area contributed by atoms with Gasteiger partial charge in [0.1, 0.15) is 11.9 Å². The first-order valence-corrected chi connectivity index (χ1v) is 12.8. The van der Waals surface area contributed by atoms with E-state index in [4.69, 9.17) is 19.0 Å². The predicted molar refractivity (Wildman–Crippen MR) is 130 cm³/mol. The normalized spacial score (nSPS) is 20.4. The summed E-state index contributed by atoms with van der Waals surface area (Å²) in [6.07, 6.45) is 5.40. The summed E-state index contributed by atoms with van der Waals surface area (Å²) < 4.78 is 22.9. The van der Waals surface area contributed by atoms with Crippen LogP contribution in [0.1, 0.15) is 41.9 Å². The number of aliphatic hydroxyl groups is 2. The van der Waals surface area contributed by atoms with Crippen molar-refractivity contribution in [2.45, 2.75) is 31.1 Å². The molecule has 4 N–H and O–H groups in total. The summed E-state index contributed by atoms with van der Waals surface area (Å²) in [6.45, 7) is 2.18. The van der Waals surface area contributed by atoms with Crippen molar-refractivity contribution in [1.82, 2.24) is 9.55 Å². The van der Waals surface area contributed by atoms with Gasteiger partial charge in [-0.1, -0.05) is 60.7 Å². The summed E-state index contributed by atoms with van der Waals surface area (Å²) in [4.78, 5) is 22.4. The van der Waals surface area contributed by atoms with Crippen LogP contribution in [0.25, 0.3) is 17.2 Å². The van der Waals surface area contributed by atoms with E-state index < -0.39 is 26.1 Å². The highest BCUT2D eigenvalue weighted by molar-refractivity contribution is 7.46. The number of phosphoric ester groups is 1. The third-order valence-electron chi connectivity index (χ3n) is 5.99. The fraction of sp³-hybridized carbons (Fsp3) is 0.320. The van der Waals surface area contributed by atoms with Crippen LogP contribution in [-0.4, -0.2) is 55.5 Å². The second kappa shape index (κ2) is 11.0. The molecule has 10 heteroatoms. The first-order chi connectivity index (χ1) is 16.7. The highest BCUT2D eigenvalue weighted by Gasteiger charge is 2.27. The van der Waals surface area contributed by atoms with Crippen molar-refractivity contribution in [3.63, 3.8) is 0 Å². The van der Waals surface area contributed by atoms with Crippen molar-refractivity contribution in [3.8, 4) is 11.1 Å². The molecule has 1 aliphatic rings. The van der Waals surface area contributed by atoms with Gasteiger partial charge >= 0.3 is 7.82 Å². The van der Waals surface area contributed by atoms with Crippen LogP contribution in [0.15, 0.2) is 67.0 Å². The molecular weight excluding hydrogens is 471 g/mol. The van der Waals surface area contributed by atoms with Crippen molar-refractivity contribution in [1.29, 1.82) is 0 Å². The van der Waals surface area contributed by atoms with E-state index in [1.54, 1.807) is 23.8 Å². The Balaban J connectivity index is 1.49. The maximum atomic E-state index is 11.2. The fourth-order valence-corrected chi connectivity index (χ4v) is 4.47. The number of imidazole rings is 1. The van der Waals surface area contributed by atoms with Crippen LogP contribution in [-0.2, 0) is 13.8 Å². The number of nitrogens with zero attached hydrogens (tertiary/aromatic N) is 2. The van der Waals surface area contributed by atoms with Gasteiger partial charge in [-0.15, -0.1) is 0 Å². The Kier molecular flexibility index (Phi) is 7.98. The van der Waals surface area contributed by atoms with E-state index >= 15 is 0 Å². The molecular formula is C25H29N2O7P. The first-order valence-electron chi connectivity index (χ1n) is 11.3. The highest BCUT2D eigenvalue weighted by atomic mass is 31.2. The Labute approximate surface area is 203 Å². The van der Waals surface area contributed by atoms with Gasteiger partial charge in [0.2, 0.25) is 0 Å². The standard InChI is InChI=1S/C25H29N2O7P/c1-17(28)25-26-12-13-27(25)22(14-34-35(30,31)32)11-4-18-2-5-19(6-3-18)20-7-9-21(10-8-20)23-15-33-16-24(23)29/h2-13,17,22-24,28-29H,14-16H2,1H3,(H2,30,31,32)/b11-4+/t17-,22-,23+,24-/m0/s1. The van der Waals surface area contributed by atoms with Crippen LogP contribution >= 0.6 is 7.82 Å². The average Bonchev–Trinajstić information content (AvgIpc) is 3.48. The molecule has 0 unspecified atom stereocenters. The molecule has 0 aliphatic carbocycles. The number of phosphoric acid groups is 1. The van der Waals surface area contributed by atoms with Gasteiger partial charge in [0.15, 0.2) is 0 Å². The Morgan fingerprint density at radius 3 is 2.37 bits per heavy atom. The molecule has 35 heavy (non-hydrogen) atoms. The molecule has 0 radical (unpaired) electrons. The Morgan fingerprint density at radius 1 is 1.14 bits per heavy atom. The zero-order valence-electron chi connectivity index (χ0n) is 19.2. The van der Waals surface area contributed by atoms with Crippen molar-refractivity contribution < 1.29 is 33.8 Å². The van der Waals surface area contributed by atoms with Crippen LogP contribution in [0.4, 0.5) is 0 Å². The summed E-state index contributed by atoms with van der Waals surface area (Å²) in [7, 11) is -4.66. The van der Waals surface area contributed by atoms with Crippen LogP contribution < -0.4 is 0 Å². The van der Waals surface area contributed by atoms with Gasteiger partial charge in [-0.25, -0.2) is 9.55 Å². The van der Waals surface area contributed by atoms with Gasteiger partial charge in [0, 0.05) is 18.3 Å². The molecule has 0 bridgehead atoms. The minimum absolute atomic E-state index is 0.00361. The third-order valence-corrected chi connectivity index (χ3v) is 6.47. The smallest absolute Gasteiger partial charge is 0.390 e. The lowest BCUT2D eigenvalue weighted by Gasteiger charge is -2.19. The van der Waals surface area contributed by atoms with E-state index in [9.17, 15) is 14.8 Å². The molecule has 2 heterocycles. The second-order valence-electron chi connectivity index (χ2n) is 8.54. The molecule has 9 nitrogen and oxygen atoms in total. The van der Waals surface area contributed by atoms with Crippen LogP contribution in [0.5, 0.6) is 0 Å². The highest BCUT2D eigenvalue weighted by Crippen LogP contribution is 2.37. The number of benzene rings is 2. The van der Waals surface area contributed by atoms with Crippen LogP contribution in [0.2, 0.25) is 0 Å².